The molecule has 0 radical (unpaired) electrons. The lowest BCUT2D eigenvalue weighted by Crippen LogP contribution is -2.37. The van der Waals surface area contributed by atoms with Crippen LogP contribution in [0, 0.1) is 0 Å². The van der Waals surface area contributed by atoms with Crippen molar-refractivity contribution in [3.05, 3.63) is 48.0 Å². The van der Waals surface area contributed by atoms with Crippen LogP contribution in [0.15, 0.2) is 42.5 Å². The predicted molar refractivity (Wildman–Crippen MR) is 105 cm³/mol. The zero-order valence-electron chi connectivity index (χ0n) is 15.6. The van der Waals surface area contributed by atoms with E-state index in [2.05, 4.69) is 29.3 Å². The van der Waals surface area contributed by atoms with Crippen LogP contribution in [0.3, 0.4) is 0 Å². The van der Waals surface area contributed by atoms with Gasteiger partial charge in [0.15, 0.2) is 11.5 Å². The van der Waals surface area contributed by atoms with Gasteiger partial charge in [-0.2, -0.15) is 0 Å². The van der Waals surface area contributed by atoms with E-state index >= 15 is 0 Å². The molecule has 1 heterocycles. The average molecular weight is 354 g/mol. The minimum Gasteiger partial charge on any atom is -0.493 e. The summed E-state index contributed by atoms with van der Waals surface area (Å²) in [5, 5.41) is 2.93. The summed E-state index contributed by atoms with van der Waals surface area (Å²) in [6.45, 7) is 3.37. The summed E-state index contributed by atoms with van der Waals surface area (Å²) in [4.78, 5) is 14.9. The van der Waals surface area contributed by atoms with Crippen LogP contribution in [0.2, 0.25) is 0 Å². The molecule has 0 spiro atoms. The Hall–Kier alpha value is -2.69. The van der Waals surface area contributed by atoms with Crippen molar-refractivity contribution >= 4 is 17.3 Å². The van der Waals surface area contributed by atoms with Gasteiger partial charge in [0.1, 0.15) is 0 Å². The van der Waals surface area contributed by atoms with Crippen molar-refractivity contribution in [2.24, 2.45) is 0 Å². The number of methoxy groups -OCH3 is 2. The lowest BCUT2D eigenvalue weighted by atomic mass is 10.0. The molecule has 0 unspecified atom stereocenters. The number of nitrogens with one attached hydrogen (secondary N) is 1. The van der Waals surface area contributed by atoms with Gasteiger partial charge in [-0.1, -0.05) is 0 Å². The second-order valence-corrected chi connectivity index (χ2v) is 6.61. The number of piperidine rings is 1. The van der Waals surface area contributed by atoms with E-state index < -0.39 is 0 Å². The van der Waals surface area contributed by atoms with Gasteiger partial charge in [0.25, 0.3) is 5.91 Å². The first-order valence-electron chi connectivity index (χ1n) is 9.02. The topological polar surface area (TPSA) is 50.8 Å². The Kier molecular flexibility index (Phi) is 5.66. The molecular weight excluding hydrogens is 328 g/mol. The third kappa shape index (κ3) is 3.93. The molecule has 2 aromatic carbocycles. The Morgan fingerprint density at radius 3 is 2.42 bits per heavy atom. The number of amides is 1. The minimum atomic E-state index is -0.176. The van der Waals surface area contributed by atoms with Gasteiger partial charge in [0.05, 0.1) is 14.2 Å². The Morgan fingerprint density at radius 1 is 1.04 bits per heavy atom. The maximum atomic E-state index is 12.5. The van der Waals surface area contributed by atoms with Crippen LogP contribution in [0.25, 0.3) is 0 Å². The quantitative estimate of drug-likeness (QED) is 0.868. The molecule has 1 aliphatic heterocycles. The van der Waals surface area contributed by atoms with Crippen molar-refractivity contribution in [2.75, 3.05) is 31.0 Å². The van der Waals surface area contributed by atoms with Crippen LogP contribution in [0.5, 0.6) is 11.5 Å². The second kappa shape index (κ2) is 8.13. The highest BCUT2D eigenvalue weighted by Crippen LogP contribution is 2.29. The summed E-state index contributed by atoms with van der Waals surface area (Å²) in [7, 11) is 3.13. The van der Waals surface area contributed by atoms with Crippen LogP contribution >= 0.6 is 0 Å². The number of benzene rings is 2. The fourth-order valence-corrected chi connectivity index (χ4v) is 3.40. The number of carbonyl (C=O) groups excluding carboxylic acids is 1. The largest absolute Gasteiger partial charge is 0.493 e. The van der Waals surface area contributed by atoms with Gasteiger partial charge in [-0.3, -0.25) is 4.79 Å². The maximum absolute atomic E-state index is 12.5. The Labute approximate surface area is 154 Å². The summed E-state index contributed by atoms with van der Waals surface area (Å²) in [6, 6.07) is 13.8. The summed E-state index contributed by atoms with van der Waals surface area (Å²) in [5.41, 5.74) is 2.51. The molecule has 0 aromatic heterocycles. The molecule has 1 atom stereocenters. The summed E-state index contributed by atoms with van der Waals surface area (Å²) >= 11 is 0. The van der Waals surface area contributed by atoms with Gasteiger partial charge in [-0.25, -0.2) is 0 Å². The van der Waals surface area contributed by atoms with E-state index in [9.17, 15) is 4.79 Å². The molecule has 1 N–H and O–H groups in total. The van der Waals surface area contributed by atoms with Crippen LogP contribution in [0.1, 0.15) is 36.5 Å². The summed E-state index contributed by atoms with van der Waals surface area (Å²) < 4.78 is 10.5. The van der Waals surface area contributed by atoms with Crippen LogP contribution < -0.4 is 19.7 Å². The van der Waals surface area contributed by atoms with Crippen molar-refractivity contribution in [1.82, 2.24) is 0 Å². The number of ether oxygens (including phenoxy) is 2. The first kappa shape index (κ1) is 18.1. The molecular formula is C21H26N2O3. The fraction of sp³-hybridized carbons (Fsp3) is 0.381. The van der Waals surface area contributed by atoms with Crippen molar-refractivity contribution in [3.63, 3.8) is 0 Å². The molecule has 0 saturated carbocycles. The van der Waals surface area contributed by atoms with Crippen molar-refractivity contribution < 1.29 is 14.3 Å². The first-order valence-corrected chi connectivity index (χ1v) is 9.02. The smallest absolute Gasteiger partial charge is 0.255 e. The van der Waals surface area contributed by atoms with Gasteiger partial charge in [-0.05, 0) is 68.7 Å². The molecule has 0 aliphatic carbocycles. The molecule has 2 aromatic rings. The van der Waals surface area contributed by atoms with E-state index in [1.165, 1.54) is 24.9 Å². The first-order chi connectivity index (χ1) is 12.6. The number of carbonyl (C=O) groups is 1. The van der Waals surface area contributed by atoms with E-state index in [0.717, 1.165) is 12.2 Å². The van der Waals surface area contributed by atoms with Gasteiger partial charge >= 0.3 is 0 Å². The molecule has 5 heteroatoms. The molecule has 1 aliphatic rings. The van der Waals surface area contributed by atoms with Crippen LogP contribution in [0.4, 0.5) is 11.4 Å². The molecule has 26 heavy (non-hydrogen) atoms. The maximum Gasteiger partial charge on any atom is 0.255 e. The highest BCUT2D eigenvalue weighted by molar-refractivity contribution is 6.04. The Morgan fingerprint density at radius 2 is 1.77 bits per heavy atom. The third-order valence-electron chi connectivity index (χ3n) is 4.91. The molecule has 1 fully saturated rings. The second-order valence-electron chi connectivity index (χ2n) is 6.61. The normalized spacial score (nSPS) is 16.9. The van der Waals surface area contributed by atoms with E-state index in [0.29, 0.717) is 23.1 Å². The fourth-order valence-electron chi connectivity index (χ4n) is 3.40. The van der Waals surface area contributed by atoms with E-state index in [1.807, 2.05) is 12.1 Å². The van der Waals surface area contributed by atoms with Crippen molar-refractivity contribution in [1.29, 1.82) is 0 Å². The number of hydrogen-bond acceptors (Lipinski definition) is 4. The van der Waals surface area contributed by atoms with E-state index in [4.69, 9.17) is 9.47 Å². The average Bonchev–Trinajstić information content (AvgIpc) is 2.68. The number of hydrogen-bond donors (Lipinski definition) is 1. The number of rotatable bonds is 5. The van der Waals surface area contributed by atoms with Crippen molar-refractivity contribution in [3.8, 4) is 11.5 Å². The summed E-state index contributed by atoms with van der Waals surface area (Å²) in [6.07, 6.45) is 3.77. The third-order valence-corrected chi connectivity index (χ3v) is 4.91. The van der Waals surface area contributed by atoms with Gasteiger partial charge in [0.2, 0.25) is 0 Å². The van der Waals surface area contributed by atoms with E-state index in [1.54, 1.807) is 32.4 Å². The molecule has 1 amide bonds. The SMILES string of the molecule is COc1ccc(C(=O)Nc2ccc(N3CCCC[C@@H]3C)cc2)cc1OC. The Balaban J connectivity index is 1.70. The highest BCUT2D eigenvalue weighted by atomic mass is 16.5. The highest BCUT2D eigenvalue weighted by Gasteiger charge is 2.18. The van der Waals surface area contributed by atoms with Crippen molar-refractivity contribution in [2.45, 2.75) is 32.2 Å². The minimum absolute atomic E-state index is 0.176. The number of nitrogens with zero attached hydrogens (tertiary/aromatic N) is 1. The Bertz CT molecular complexity index is 758. The standard InChI is InChI=1S/C21H26N2O3/c1-15-6-4-5-13-23(15)18-10-8-17(9-11-18)22-21(24)16-7-12-19(25-2)20(14-16)26-3/h7-12,14-15H,4-6,13H2,1-3H3,(H,22,24)/t15-/m0/s1. The molecule has 3 rings (SSSR count). The molecule has 0 bridgehead atoms. The van der Waals surface area contributed by atoms with Gasteiger partial charge in [0, 0.05) is 29.5 Å². The van der Waals surface area contributed by atoms with Gasteiger partial charge < -0.3 is 19.7 Å². The lowest BCUT2D eigenvalue weighted by Gasteiger charge is -2.35. The zero-order valence-corrected chi connectivity index (χ0v) is 15.6. The molecule has 138 valence electrons. The van der Waals surface area contributed by atoms with Crippen LogP contribution in [-0.2, 0) is 0 Å². The summed E-state index contributed by atoms with van der Waals surface area (Å²) in [5.74, 6) is 0.962. The monoisotopic (exact) mass is 354 g/mol. The lowest BCUT2D eigenvalue weighted by molar-refractivity contribution is 0.102. The number of anilines is 2. The van der Waals surface area contributed by atoms with E-state index in [-0.39, 0.29) is 5.91 Å². The zero-order chi connectivity index (χ0) is 18.5. The molecule has 1 saturated heterocycles. The van der Waals surface area contributed by atoms with Gasteiger partial charge in [-0.15, -0.1) is 0 Å². The predicted octanol–water partition coefficient (Wildman–Crippen LogP) is 4.33. The molecule has 5 nitrogen and oxygen atoms in total. The van der Waals surface area contributed by atoms with Crippen LogP contribution in [-0.4, -0.2) is 32.7 Å².